The van der Waals surface area contributed by atoms with E-state index in [1.165, 1.54) is 0 Å². The van der Waals surface area contributed by atoms with E-state index in [4.69, 9.17) is 5.73 Å². The fraction of sp³-hybridized carbons (Fsp3) is 0.133. The third-order valence-corrected chi connectivity index (χ3v) is 2.81. The fourth-order valence-corrected chi connectivity index (χ4v) is 1.82. The van der Waals surface area contributed by atoms with Crippen LogP contribution >= 0.6 is 0 Å². The Kier molecular flexibility index (Phi) is 3.35. The summed E-state index contributed by atoms with van der Waals surface area (Å²) in [6, 6.07) is 15.1. The minimum atomic E-state index is 0.0541. The molecule has 0 bridgehead atoms. The van der Waals surface area contributed by atoms with Crippen molar-refractivity contribution in [1.82, 2.24) is 0 Å². The number of benzene rings is 2. The van der Waals surface area contributed by atoms with Crippen LogP contribution in [0.2, 0.25) is 0 Å². The summed E-state index contributed by atoms with van der Waals surface area (Å²) >= 11 is 0. The molecule has 2 aromatic carbocycles. The van der Waals surface area contributed by atoms with Gasteiger partial charge in [-0.05, 0) is 24.1 Å². The summed E-state index contributed by atoms with van der Waals surface area (Å²) in [4.78, 5) is 12.3. The van der Waals surface area contributed by atoms with Crippen LogP contribution in [0.25, 0.3) is 0 Å². The van der Waals surface area contributed by atoms with Gasteiger partial charge >= 0.3 is 0 Å². The second-order valence-corrected chi connectivity index (χ2v) is 4.05. The van der Waals surface area contributed by atoms with Crippen molar-refractivity contribution >= 4 is 5.78 Å². The first kappa shape index (κ1) is 11.6. The number of nitrogens with two attached hydrogens (primary N) is 1. The van der Waals surface area contributed by atoms with Gasteiger partial charge in [0.1, 0.15) is 0 Å². The average molecular weight is 225 g/mol. The van der Waals surface area contributed by atoms with Crippen molar-refractivity contribution in [3.05, 3.63) is 70.8 Å². The van der Waals surface area contributed by atoms with Crippen LogP contribution in [0.1, 0.15) is 27.0 Å². The standard InChI is InChI=1S/C15H15NO/c1-11-5-2-3-8-14(11)15(17)13-7-4-6-12(9-13)10-16/h2-9H,10,16H2,1H3. The molecule has 0 amide bonds. The molecule has 0 saturated heterocycles. The molecule has 0 aliphatic heterocycles. The summed E-state index contributed by atoms with van der Waals surface area (Å²) in [7, 11) is 0. The molecule has 0 atom stereocenters. The molecular formula is C15H15NO. The first-order valence-electron chi connectivity index (χ1n) is 5.61. The smallest absolute Gasteiger partial charge is 0.193 e. The lowest BCUT2D eigenvalue weighted by Crippen LogP contribution is -2.05. The normalized spacial score (nSPS) is 10.2. The van der Waals surface area contributed by atoms with E-state index in [2.05, 4.69) is 0 Å². The molecule has 0 aliphatic carbocycles. The molecule has 2 aromatic rings. The Morgan fingerprint density at radius 1 is 1.12 bits per heavy atom. The summed E-state index contributed by atoms with van der Waals surface area (Å²) in [5.41, 5.74) is 9.00. The molecule has 0 unspecified atom stereocenters. The molecule has 0 fully saturated rings. The van der Waals surface area contributed by atoms with Crippen LogP contribution in [0.15, 0.2) is 48.5 Å². The quantitative estimate of drug-likeness (QED) is 0.816. The SMILES string of the molecule is Cc1ccccc1C(=O)c1cccc(CN)c1. The lowest BCUT2D eigenvalue weighted by atomic mass is 9.98. The number of carbonyl (C=O) groups is 1. The van der Waals surface area contributed by atoms with Gasteiger partial charge in [0, 0.05) is 17.7 Å². The van der Waals surface area contributed by atoms with Gasteiger partial charge in [-0.2, -0.15) is 0 Å². The third-order valence-electron chi connectivity index (χ3n) is 2.81. The van der Waals surface area contributed by atoms with Gasteiger partial charge in [0.25, 0.3) is 0 Å². The Bertz CT molecular complexity index is 546. The third kappa shape index (κ3) is 2.43. The van der Waals surface area contributed by atoms with E-state index in [-0.39, 0.29) is 5.78 Å². The lowest BCUT2D eigenvalue weighted by molar-refractivity contribution is 0.103. The average Bonchev–Trinajstić information content (AvgIpc) is 2.38. The fourth-order valence-electron chi connectivity index (χ4n) is 1.82. The van der Waals surface area contributed by atoms with E-state index in [1.807, 2.05) is 55.5 Å². The summed E-state index contributed by atoms with van der Waals surface area (Å²) in [5, 5.41) is 0. The summed E-state index contributed by atoms with van der Waals surface area (Å²) in [6.07, 6.45) is 0. The van der Waals surface area contributed by atoms with Crippen LogP contribution in [0.5, 0.6) is 0 Å². The molecular weight excluding hydrogens is 210 g/mol. The number of ketones is 1. The van der Waals surface area contributed by atoms with Gasteiger partial charge in [0.05, 0.1) is 0 Å². The Hall–Kier alpha value is -1.93. The molecule has 2 heteroatoms. The number of hydrogen-bond donors (Lipinski definition) is 1. The van der Waals surface area contributed by atoms with E-state index >= 15 is 0 Å². The van der Waals surface area contributed by atoms with Crippen molar-refractivity contribution in [2.75, 3.05) is 0 Å². The maximum absolute atomic E-state index is 12.3. The minimum Gasteiger partial charge on any atom is -0.326 e. The Morgan fingerprint density at radius 2 is 1.88 bits per heavy atom. The van der Waals surface area contributed by atoms with Crippen molar-refractivity contribution < 1.29 is 4.79 Å². The van der Waals surface area contributed by atoms with Crippen LogP contribution in [-0.2, 0) is 6.54 Å². The molecule has 0 aromatic heterocycles. The number of rotatable bonds is 3. The Balaban J connectivity index is 2.40. The van der Waals surface area contributed by atoms with Crippen LogP contribution in [0, 0.1) is 6.92 Å². The molecule has 2 N–H and O–H groups in total. The molecule has 0 heterocycles. The van der Waals surface area contributed by atoms with Crippen molar-refractivity contribution in [2.45, 2.75) is 13.5 Å². The number of aryl methyl sites for hydroxylation is 1. The lowest BCUT2D eigenvalue weighted by Gasteiger charge is -2.05. The van der Waals surface area contributed by atoms with Gasteiger partial charge in [-0.3, -0.25) is 4.79 Å². The van der Waals surface area contributed by atoms with Crippen molar-refractivity contribution in [1.29, 1.82) is 0 Å². The summed E-state index contributed by atoms with van der Waals surface area (Å²) < 4.78 is 0. The molecule has 0 spiro atoms. The zero-order valence-corrected chi connectivity index (χ0v) is 9.81. The predicted molar refractivity (Wildman–Crippen MR) is 68.9 cm³/mol. The van der Waals surface area contributed by atoms with Gasteiger partial charge in [0.15, 0.2) is 5.78 Å². The van der Waals surface area contributed by atoms with E-state index in [0.29, 0.717) is 12.1 Å². The van der Waals surface area contributed by atoms with E-state index < -0.39 is 0 Å². The maximum Gasteiger partial charge on any atom is 0.193 e. The van der Waals surface area contributed by atoms with Crippen LogP contribution in [-0.4, -0.2) is 5.78 Å². The molecule has 2 rings (SSSR count). The second kappa shape index (κ2) is 4.93. The first-order valence-corrected chi connectivity index (χ1v) is 5.61. The summed E-state index contributed by atoms with van der Waals surface area (Å²) in [6.45, 7) is 2.40. The largest absolute Gasteiger partial charge is 0.326 e. The Labute approximate surface area is 101 Å². The number of carbonyl (C=O) groups excluding carboxylic acids is 1. The highest BCUT2D eigenvalue weighted by molar-refractivity contribution is 6.09. The van der Waals surface area contributed by atoms with Gasteiger partial charge in [-0.1, -0.05) is 42.5 Å². The Morgan fingerprint density at radius 3 is 2.59 bits per heavy atom. The minimum absolute atomic E-state index is 0.0541. The van der Waals surface area contributed by atoms with Crippen molar-refractivity contribution in [2.24, 2.45) is 5.73 Å². The molecule has 2 nitrogen and oxygen atoms in total. The predicted octanol–water partition coefficient (Wildman–Crippen LogP) is 2.68. The van der Waals surface area contributed by atoms with Gasteiger partial charge < -0.3 is 5.73 Å². The van der Waals surface area contributed by atoms with Gasteiger partial charge in [0.2, 0.25) is 0 Å². The van der Waals surface area contributed by atoms with Crippen LogP contribution in [0.4, 0.5) is 0 Å². The zero-order valence-electron chi connectivity index (χ0n) is 9.81. The van der Waals surface area contributed by atoms with Crippen molar-refractivity contribution in [3.63, 3.8) is 0 Å². The monoisotopic (exact) mass is 225 g/mol. The first-order chi connectivity index (χ1) is 8.22. The maximum atomic E-state index is 12.3. The van der Waals surface area contributed by atoms with Crippen molar-refractivity contribution in [3.8, 4) is 0 Å². The van der Waals surface area contributed by atoms with Gasteiger partial charge in [-0.15, -0.1) is 0 Å². The molecule has 17 heavy (non-hydrogen) atoms. The van der Waals surface area contributed by atoms with Crippen LogP contribution < -0.4 is 5.73 Å². The van der Waals surface area contributed by atoms with Gasteiger partial charge in [-0.25, -0.2) is 0 Å². The van der Waals surface area contributed by atoms with E-state index in [9.17, 15) is 4.79 Å². The highest BCUT2D eigenvalue weighted by Gasteiger charge is 2.10. The topological polar surface area (TPSA) is 43.1 Å². The van der Waals surface area contributed by atoms with Crippen LogP contribution in [0.3, 0.4) is 0 Å². The highest BCUT2D eigenvalue weighted by atomic mass is 16.1. The van der Waals surface area contributed by atoms with E-state index in [0.717, 1.165) is 16.7 Å². The zero-order chi connectivity index (χ0) is 12.3. The molecule has 86 valence electrons. The molecule has 0 radical (unpaired) electrons. The van der Waals surface area contributed by atoms with E-state index in [1.54, 1.807) is 0 Å². The molecule has 0 saturated carbocycles. The number of hydrogen-bond acceptors (Lipinski definition) is 2. The second-order valence-electron chi connectivity index (χ2n) is 4.05. The molecule has 0 aliphatic rings. The highest BCUT2D eigenvalue weighted by Crippen LogP contribution is 2.14. The summed E-state index contributed by atoms with van der Waals surface area (Å²) in [5.74, 6) is 0.0541.